The van der Waals surface area contributed by atoms with E-state index in [1.807, 2.05) is 48.2 Å². The highest BCUT2D eigenvalue weighted by molar-refractivity contribution is 9.10. The van der Waals surface area contributed by atoms with E-state index in [2.05, 4.69) is 20.9 Å². The molecule has 27 heavy (non-hydrogen) atoms. The number of thioether (sulfide) groups is 1. The summed E-state index contributed by atoms with van der Waals surface area (Å²) in [7, 11) is -3.08. The Balaban J connectivity index is 1.74. The molecule has 2 saturated heterocycles. The first-order valence-electron chi connectivity index (χ1n) is 8.44. The van der Waals surface area contributed by atoms with E-state index < -0.39 is 9.84 Å². The van der Waals surface area contributed by atoms with Gasteiger partial charge in [0.25, 0.3) is 5.91 Å². The average Bonchev–Trinajstić information content (AvgIpc) is 3.05. The third kappa shape index (κ3) is 3.83. The molecular formula is C19H17BrN2O3S2. The van der Waals surface area contributed by atoms with Crippen LogP contribution < -0.4 is 4.90 Å². The van der Waals surface area contributed by atoms with Crippen molar-refractivity contribution in [3.63, 3.8) is 0 Å². The van der Waals surface area contributed by atoms with E-state index in [1.165, 1.54) is 11.8 Å². The minimum absolute atomic E-state index is 0.0782. The van der Waals surface area contributed by atoms with Crippen LogP contribution >= 0.6 is 27.7 Å². The fourth-order valence-electron chi connectivity index (χ4n) is 3.42. The van der Waals surface area contributed by atoms with Crippen molar-refractivity contribution in [2.45, 2.75) is 18.2 Å². The lowest BCUT2D eigenvalue weighted by Crippen LogP contribution is -2.37. The van der Waals surface area contributed by atoms with Crippen LogP contribution in [0.3, 0.4) is 0 Å². The Morgan fingerprint density at radius 2 is 1.96 bits per heavy atom. The normalized spacial score (nSPS) is 25.0. The van der Waals surface area contributed by atoms with E-state index in [0.717, 1.165) is 15.7 Å². The molecular weight excluding hydrogens is 448 g/mol. The summed E-state index contributed by atoms with van der Waals surface area (Å²) in [5.74, 6) is -0.122. The van der Waals surface area contributed by atoms with Crippen molar-refractivity contribution >= 4 is 54.3 Å². The second-order valence-electron chi connectivity index (χ2n) is 6.72. The van der Waals surface area contributed by atoms with Gasteiger partial charge in [0.2, 0.25) is 0 Å². The summed E-state index contributed by atoms with van der Waals surface area (Å²) in [4.78, 5) is 19.0. The number of fused-ring (bicyclic) bond motifs is 1. The molecule has 5 nitrogen and oxygen atoms in total. The molecule has 140 valence electrons. The molecule has 2 aliphatic rings. The molecule has 0 radical (unpaired) electrons. The number of sulfone groups is 1. The summed E-state index contributed by atoms with van der Waals surface area (Å²) >= 11 is 4.84. The van der Waals surface area contributed by atoms with Crippen LogP contribution in [0.5, 0.6) is 0 Å². The molecule has 0 N–H and O–H groups in total. The molecule has 1 amide bonds. The predicted molar refractivity (Wildman–Crippen MR) is 113 cm³/mol. The summed E-state index contributed by atoms with van der Waals surface area (Å²) in [6, 6.07) is 14.7. The van der Waals surface area contributed by atoms with Gasteiger partial charge in [-0.2, -0.15) is 4.99 Å². The standard InChI is InChI=1S/C19H17BrN2O3S2/c1-12-4-2-5-13(8-12)18(23)21-19-22(15-7-3-6-14(20)9-15)16-10-27(24,25)11-17(16)26-19/h2-9,16-17H,10-11H2,1H3/t16-,17-/m0/s1. The van der Waals surface area contributed by atoms with Gasteiger partial charge < -0.3 is 4.90 Å². The summed E-state index contributed by atoms with van der Waals surface area (Å²) < 4.78 is 25.1. The lowest BCUT2D eigenvalue weighted by Gasteiger charge is -2.24. The van der Waals surface area contributed by atoms with Crippen molar-refractivity contribution in [2.75, 3.05) is 16.4 Å². The van der Waals surface area contributed by atoms with Gasteiger partial charge in [-0.25, -0.2) is 8.42 Å². The van der Waals surface area contributed by atoms with Crippen LogP contribution in [0.25, 0.3) is 0 Å². The van der Waals surface area contributed by atoms with Gasteiger partial charge in [-0.1, -0.05) is 51.5 Å². The fourth-order valence-corrected chi connectivity index (χ4v) is 7.72. The number of benzene rings is 2. The van der Waals surface area contributed by atoms with E-state index in [4.69, 9.17) is 0 Å². The molecule has 0 bridgehead atoms. The lowest BCUT2D eigenvalue weighted by atomic mass is 10.1. The number of aryl methyl sites for hydroxylation is 1. The molecule has 0 unspecified atom stereocenters. The molecule has 2 aromatic carbocycles. The molecule has 8 heteroatoms. The van der Waals surface area contributed by atoms with Gasteiger partial charge in [-0.3, -0.25) is 4.79 Å². The second-order valence-corrected chi connectivity index (χ2v) is 11.0. The van der Waals surface area contributed by atoms with Gasteiger partial charge in [0.15, 0.2) is 15.0 Å². The summed E-state index contributed by atoms with van der Waals surface area (Å²) in [5, 5.41) is 0.447. The SMILES string of the molecule is Cc1cccc(C(=O)N=C2S[C@H]3CS(=O)(=O)C[C@@H]3N2c2cccc(Br)c2)c1. The highest BCUT2D eigenvalue weighted by Crippen LogP contribution is 2.41. The van der Waals surface area contributed by atoms with Crippen molar-refractivity contribution in [2.24, 2.45) is 4.99 Å². The van der Waals surface area contributed by atoms with Crippen LogP contribution in [0.4, 0.5) is 5.69 Å². The second kappa shape index (κ2) is 7.07. The summed E-state index contributed by atoms with van der Waals surface area (Å²) in [5.41, 5.74) is 2.35. The van der Waals surface area contributed by atoms with Gasteiger partial charge in [0.1, 0.15) is 0 Å². The predicted octanol–water partition coefficient (Wildman–Crippen LogP) is 3.67. The summed E-state index contributed by atoms with van der Waals surface area (Å²) in [6.45, 7) is 1.93. The third-order valence-electron chi connectivity index (χ3n) is 4.62. The van der Waals surface area contributed by atoms with Crippen molar-refractivity contribution in [3.05, 3.63) is 64.1 Å². The first kappa shape index (κ1) is 18.7. The molecule has 2 atom stereocenters. The minimum Gasteiger partial charge on any atom is -0.316 e. The molecule has 2 heterocycles. The average molecular weight is 465 g/mol. The van der Waals surface area contributed by atoms with E-state index in [0.29, 0.717) is 10.7 Å². The zero-order valence-corrected chi connectivity index (χ0v) is 17.7. The smallest absolute Gasteiger partial charge is 0.279 e. The van der Waals surface area contributed by atoms with Gasteiger partial charge >= 0.3 is 0 Å². The Morgan fingerprint density at radius 1 is 1.19 bits per heavy atom. The molecule has 2 fully saturated rings. The van der Waals surface area contributed by atoms with Crippen molar-refractivity contribution < 1.29 is 13.2 Å². The number of hydrogen-bond acceptors (Lipinski definition) is 4. The maximum Gasteiger partial charge on any atom is 0.279 e. The number of anilines is 1. The number of carbonyl (C=O) groups is 1. The quantitative estimate of drug-likeness (QED) is 0.677. The number of hydrogen-bond donors (Lipinski definition) is 0. The van der Waals surface area contributed by atoms with Crippen molar-refractivity contribution in [1.29, 1.82) is 0 Å². The van der Waals surface area contributed by atoms with Crippen molar-refractivity contribution in [1.82, 2.24) is 0 Å². The summed E-state index contributed by atoms with van der Waals surface area (Å²) in [6.07, 6.45) is 0. The van der Waals surface area contributed by atoms with Crippen LogP contribution in [0.1, 0.15) is 15.9 Å². The Morgan fingerprint density at radius 3 is 2.70 bits per heavy atom. The molecule has 2 aromatic rings. The molecule has 4 rings (SSSR count). The number of nitrogens with zero attached hydrogens (tertiary/aromatic N) is 2. The van der Waals surface area contributed by atoms with E-state index in [1.54, 1.807) is 12.1 Å². The highest BCUT2D eigenvalue weighted by Gasteiger charge is 2.49. The molecule has 0 aliphatic carbocycles. The Labute approximate surface area is 170 Å². The highest BCUT2D eigenvalue weighted by atomic mass is 79.9. The molecule has 2 aliphatic heterocycles. The molecule has 0 spiro atoms. The molecule has 0 aromatic heterocycles. The van der Waals surface area contributed by atoms with Gasteiger partial charge in [0, 0.05) is 21.0 Å². The zero-order chi connectivity index (χ0) is 19.2. The van der Waals surface area contributed by atoms with Crippen LogP contribution in [0.15, 0.2) is 58.0 Å². The number of carbonyl (C=O) groups excluding carboxylic acids is 1. The van der Waals surface area contributed by atoms with E-state index in [9.17, 15) is 13.2 Å². The number of aliphatic imine (C=N–C) groups is 1. The Kier molecular flexibility index (Phi) is 4.90. The fraction of sp³-hybridized carbons (Fsp3) is 0.263. The largest absolute Gasteiger partial charge is 0.316 e. The first-order chi connectivity index (χ1) is 12.8. The molecule has 0 saturated carbocycles. The monoisotopic (exact) mass is 464 g/mol. The first-order valence-corrected chi connectivity index (χ1v) is 11.9. The van der Waals surface area contributed by atoms with Crippen molar-refractivity contribution in [3.8, 4) is 0 Å². The van der Waals surface area contributed by atoms with Gasteiger partial charge in [-0.15, -0.1) is 0 Å². The maximum absolute atomic E-state index is 12.7. The van der Waals surface area contributed by atoms with Crippen LogP contribution in [-0.2, 0) is 9.84 Å². The maximum atomic E-state index is 12.7. The lowest BCUT2D eigenvalue weighted by molar-refractivity contribution is 0.100. The Hall–Kier alpha value is -1.64. The Bertz CT molecular complexity index is 1050. The van der Waals surface area contributed by atoms with Crippen LogP contribution in [0.2, 0.25) is 0 Å². The number of halogens is 1. The number of amidine groups is 1. The van der Waals surface area contributed by atoms with E-state index in [-0.39, 0.29) is 28.7 Å². The van der Waals surface area contributed by atoms with Crippen LogP contribution in [0, 0.1) is 6.92 Å². The number of rotatable bonds is 2. The van der Waals surface area contributed by atoms with Crippen LogP contribution in [-0.4, -0.2) is 42.3 Å². The van der Waals surface area contributed by atoms with Gasteiger partial charge in [0.05, 0.1) is 17.5 Å². The third-order valence-corrected chi connectivity index (χ3v) is 8.32. The van der Waals surface area contributed by atoms with E-state index >= 15 is 0 Å². The zero-order valence-electron chi connectivity index (χ0n) is 14.5. The minimum atomic E-state index is -3.08. The topological polar surface area (TPSA) is 66.8 Å². The number of amides is 1. The van der Waals surface area contributed by atoms with Gasteiger partial charge in [-0.05, 0) is 37.3 Å².